The zero-order chi connectivity index (χ0) is 33.4. The molecule has 0 spiro atoms. The van der Waals surface area contributed by atoms with E-state index in [0.29, 0.717) is 23.8 Å². The van der Waals surface area contributed by atoms with Gasteiger partial charge in [0.2, 0.25) is 12.7 Å². The number of nitrogens with zero attached hydrogens (tertiary/aromatic N) is 5. The molecule has 5 N–H and O–H groups in total. The molecule has 1 aliphatic carbocycles. The Bertz CT molecular complexity index is 1420. The largest absolute Gasteiger partial charge is 0.404 e. The molecule has 2 aliphatic rings. The Kier molecular flexibility index (Phi) is 14.6. The molecule has 2 aromatic heterocycles. The van der Waals surface area contributed by atoms with Crippen LogP contribution >= 0.6 is 11.3 Å². The second kappa shape index (κ2) is 19.1. The highest BCUT2D eigenvalue weighted by molar-refractivity contribution is 7.11. The van der Waals surface area contributed by atoms with Crippen molar-refractivity contribution >= 4 is 40.9 Å². The molecule has 1 saturated carbocycles. The van der Waals surface area contributed by atoms with Crippen LogP contribution in [0.2, 0.25) is 0 Å². The Morgan fingerprint density at radius 2 is 1.98 bits per heavy atom. The first-order valence-electron chi connectivity index (χ1n) is 15.6. The number of nitrogens with two attached hydrogens (primary N) is 2. The normalized spacial score (nSPS) is 20.1. The van der Waals surface area contributed by atoms with Gasteiger partial charge in [-0.15, -0.1) is 11.3 Å². The molecule has 1 aliphatic heterocycles. The molecule has 47 heavy (non-hydrogen) atoms. The van der Waals surface area contributed by atoms with Gasteiger partial charge in [0.1, 0.15) is 16.4 Å². The number of carbonyl (C=O) groups excluding carboxylic acids is 1. The topological polar surface area (TPSA) is 172 Å². The van der Waals surface area contributed by atoms with Gasteiger partial charge in [0.15, 0.2) is 5.82 Å². The number of allylic oxidation sites excluding steroid dienone is 2. The predicted octanol–water partition coefficient (Wildman–Crippen LogP) is 3.29. The Labute approximate surface area is 276 Å². The van der Waals surface area contributed by atoms with Crippen molar-refractivity contribution in [2.24, 2.45) is 21.6 Å². The molecule has 0 atom stereocenters. The zero-order valence-corrected chi connectivity index (χ0v) is 27.2. The Balaban J connectivity index is 1.35. The van der Waals surface area contributed by atoms with Gasteiger partial charge < -0.3 is 35.8 Å². The molecule has 16 heteroatoms. The van der Waals surface area contributed by atoms with E-state index in [1.165, 1.54) is 24.0 Å². The maximum absolute atomic E-state index is 14.6. The number of aliphatic imine (C=N–C) groups is 1. The number of aromatic nitrogens is 2. The Morgan fingerprint density at radius 3 is 2.72 bits per heavy atom. The molecule has 2 fully saturated rings. The van der Waals surface area contributed by atoms with Gasteiger partial charge in [0.05, 0.1) is 49.6 Å². The highest BCUT2D eigenvalue weighted by atomic mass is 32.1. The number of nitrogens with one attached hydrogen (secondary N) is 1. The van der Waals surface area contributed by atoms with Crippen LogP contribution in [0.4, 0.5) is 8.78 Å². The lowest BCUT2D eigenvalue weighted by atomic mass is 9.93. The number of hydrogen-bond acceptors (Lipinski definition) is 13. The van der Waals surface area contributed by atoms with Crippen molar-refractivity contribution in [3.8, 4) is 0 Å². The summed E-state index contributed by atoms with van der Waals surface area (Å²) < 4.78 is 45.0. The molecule has 4 rings (SSSR count). The van der Waals surface area contributed by atoms with Crippen LogP contribution in [0.5, 0.6) is 0 Å². The zero-order valence-electron chi connectivity index (χ0n) is 26.4. The van der Waals surface area contributed by atoms with Crippen molar-refractivity contribution in [3.05, 3.63) is 57.6 Å². The van der Waals surface area contributed by atoms with Crippen LogP contribution in [0.15, 0.2) is 39.6 Å². The number of amides is 1. The predicted molar refractivity (Wildman–Crippen MR) is 175 cm³/mol. The highest BCUT2D eigenvalue weighted by Crippen LogP contribution is 2.24. The van der Waals surface area contributed by atoms with Gasteiger partial charge in [0, 0.05) is 49.6 Å². The van der Waals surface area contributed by atoms with Crippen molar-refractivity contribution in [1.82, 2.24) is 20.2 Å². The summed E-state index contributed by atoms with van der Waals surface area (Å²) in [6.07, 6.45) is 8.27. The molecule has 2 aromatic rings. The molecule has 0 bridgehead atoms. The van der Waals surface area contributed by atoms with Gasteiger partial charge >= 0.3 is 0 Å². The van der Waals surface area contributed by atoms with Crippen LogP contribution in [0.3, 0.4) is 0 Å². The first kappa shape index (κ1) is 36.0. The van der Waals surface area contributed by atoms with Gasteiger partial charge in [-0.05, 0) is 51.2 Å². The van der Waals surface area contributed by atoms with Crippen LogP contribution in [-0.4, -0.2) is 98.2 Å². The number of rotatable bonds is 16. The lowest BCUT2D eigenvalue weighted by Gasteiger charge is -2.26. The molecule has 256 valence electrons. The van der Waals surface area contributed by atoms with E-state index in [9.17, 15) is 13.6 Å². The summed E-state index contributed by atoms with van der Waals surface area (Å²) >= 11 is 1.15. The van der Waals surface area contributed by atoms with Crippen LogP contribution in [0, 0.1) is 11.8 Å². The average Bonchev–Trinajstić information content (AvgIpc) is 3.58. The number of pyridine rings is 1. The minimum absolute atomic E-state index is 0.0319. The Morgan fingerprint density at radius 1 is 1.19 bits per heavy atom. The van der Waals surface area contributed by atoms with E-state index in [1.807, 2.05) is 6.92 Å². The fraction of sp³-hybridized carbons (Fsp3) is 0.516. The molecular formula is C31H42F2N8O5S. The SMILES string of the molecule is CCOC1CCC(N=C/C(NC(=O)c2csc(C(/C=N/OCOCCCN3CCOCC3)=C/N)n2)=C(\N)c2nc(F)ccc2F)CC1. The van der Waals surface area contributed by atoms with Crippen molar-refractivity contribution in [1.29, 1.82) is 0 Å². The molecular weight excluding hydrogens is 634 g/mol. The standard InChI is InChI=1S/C31H42F2N8O5S/c1-2-45-23-6-4-22(5-7-23)36-18-25(28(35)29-24(32)8-9-27(33)40-29)38-30(42)26-19-47-31(39-26)21(16-34)17-37-46-20-44-13-3-10-41-11-14-43-15-12-41/h8-9,16-19,22-23H,2-7,10-15,20,34-35H2,1H3,(H,38,42)/b21-16+,28-25+,36-18?,37-17+. The second-order valence-electron chi connectivity index (χ2n) is 10.8. The third kappa shape index (κ3) is 11.4. The van der Waals surface area contributed by atoms with E-state index in [-0.39, 0.29) is 36.0 Å². The molecule has 0 unspecified atom stereocenters. The number of oxime groups is 1. The molecule has 0 aromatic carbocycles. The van der Waals surface area contributed by atoms with E-state index in [1.54, 1.807) is 0 Å². The fourth-order valence-corrected chi connectivity index (χ4v) is 5.77. The number of carbonyl (C=O) groups is 1. The first-order chi connectivity index (χ1) is 22.9. The van der Waals surface area contributed by atoms with Crippen molar-refractivity contribution in [2.75, 3.05) is 52.9 Å². The van der Waals surface area contributed by atoms with Gasteiger partial charge in [-0.25, -0.2) is 14.4 Å². The number of morpholine rings is 1. The molecule has 3 heterocycles. The third-order valence-electron chi connectivity index (χ3n) is 7.50. The summed E-state index contributed by atoms with van der Waals surface area (Å²) in [5.41, 5.74) is 11.7. The summed E-state index contributed by atoms with van der Waals surface area (Å²) in [4.78, 5) is 33.3. The van der Waals surface area contributed by atoms with Crippen molar-refractivity contribution in [2.45, 2.75) is 51.2 Å². The van der Waals surface area contributed by atoms with Gasteiger partial charge in [-0.1, -0.05) is 5.16 Å². The lowest BCUT2D eigenvalue weighted by molar-refractivity contribution is -0.0548. The second-order valence-corrected chi connectivity index (χ2v) is 11.6. The minimum atomic E-state index is -0.924. The van der Waals surface area contributed by atoms with E-state index >= 15 is 0 Å². The third-order valence-corrected chi connectivity index (χ3v) is 8.39. The van der Waals surface area contributed by atoms with Gasteiger partial charge in [-0.3, -0.25) is 14.7 Å². The molecule has 0 radical (unpaired) electrons. The van der Waals surface area contributed by atoms with E-state index in [4.69, 9.17) is 30.5 Å². The maximum atomic E-state index is 14.6. The smallest absolute Gasteiger partial charge is 0.275 e. The lowest BCUT2D eigenvalue weighted by Crippen LogP contribution is -2.37. The number of hydrogen-bond donors (Lipinski definition) is 3. The van der Waals surface area contributed by atoms with Crippen molar-refractivity contribution < 1.29 is 32.6 Å². The van der Waals surface area contributed by atoms with Gasteiger partial charge in [0.25, 0.3) is 5.91 Å². The van der Waals surface area contributed by atoms with E-state index in [2.05, 4.69) is 30.3 Å². The van der Waals surface area contributed by atoms with Crippen molar-refractivity contribution in [3.63, 3.8) is 0 Å². The summed E-state index contributed by atoms with van der Waals surface area (Å²) in [5.74, 6) is -2.42. The summed E-state index contributed by atoms with van der Waals surface area (Å²) in [6, 6.07) is 1.74. The first-order valence-corrected chi connectivity index (χ1v) is 16.4. The number of halogens is 2. The summed E-state index contributed by atoms with van der Waals surface area (Å²) in [5, 5.41) is 8.43. The summed E-state index contributed by atoms with van der Waals surface area (Å²) in [7, 11) is 0. The number of ether oxygens (including phenoxy) is 3. The molecule has 1 amide bonds. The van der Waals surface area contributed by atoms with Gasteiger partial charge in [-0.2, -0.15) is 4.39 Å². The van der Waals surface area contributed by atoms with Crippen LogP contribution in [0.1, 0.15) is 60.2 Å². The van der Waals surface area contributed by atoms with Crippen LogP contribution in [0.25, 0.3) is 11.3 Å². The molecule has 13 nitrogen and oxygen atoms in total. The summed E-state index contributed by atoms with van der Waals surface area (Å²) in [6.45, 7) is 7.40. The van der Waals surface area contributed by atoms with Crippen LogP contribution < -0.4 is 16.8 Å². The Hall–Kier alpha value is -3.83. The minimum Gasteiger partial charge on any atom is -0.404 e. The quantitative estimate of drug-likeness (QED) is 0.0788. The monoisotopic (exact) mass is 676 g/mol. The molecule has 1 saturated heterocycles. The fourth-order valence-electron chi connectivity index (χ4n) is 4.98. The van der Waals surface area contributed by atoms with Crippen LogP contribution in [-0.2, 0) is 19.0 Å². The maximum Gasteiger partial charge on any atom is 0.275 e. The van der Waals surface area contributed by atoms with E-state index < -0.39 is 23.4 Å². The highest BCUT2D eigenvalue weighted by Gasteiger charge is 2.22. The number of thiazole rings is 1. The average molecular weight is 677 g/mol. The van der Waals surface area contributed by atoms with E-state index in [0.717, 1.165) is 88.4 Å².